The smallest absolute Gasteiger partial charge is 0.248 e. The number of aromatic nitrogens is 1. The third-order valence-corrected chi connectivity index (χ3v) is 4.60. The molecule has 3 rings (SSSR count). The van der Waals surface area contributed by atoms with E-state index in [0.717, 1.165) is 16.3 Å². The van der Waals surface area contributed by atoms with Crippen LogP contribution in [0.5, 0.6) is 11.5 Å². The van der Waals surface area contributed by atoms with E-state index in [1.54, 1.807) is 41.7 Å². The van der Waals surface area contributed by atoms with Gasteiger partial charge in [-0.15, -0.1) is 11.3 Å². The molecule has 0 unspecified atom stereocenters. The van der Waals surface area contributed by atoms with E-state index in [-0.39, 0.29) is 12.5 Å². The number of anilines is 1. The highest BCUT2D eigenvalue weighted by Gasteiger charge is 2.05. The van der Waals surface area contributed by atoms with E-state index < -0.39 is 0 Å². The topological polar surface area (TPSA) is 84.2 Å². The number of carbonyl (C=O) groups is 1. The van der Waals surface area contributed by atoms with Crippen LogP contribution >= 0.6 is 11.3 Å². The van der Waals surface area contributed by atoms with Gasteiger partial charge in [0.25, 0.3) is 0 Å². The molecule has 0 aliphatic heterocycles. The molecule has 1 heterocycles. The van der Waals surface area contributed by atoms with Gasteiger partial charge in [-0.3, -0.25) is 4.79 Å². The van der Waals surface area contributed by atoms with Crippen molar-refractivity contribution >= 4 is 29.0 Å². The van der Waals surface area contributed by atoms with Gasteiger partial charge in [0.1, 0.15) is 24.2 Å². The molecule has 3 aromatic rings. The van der Waals surface area contributed by atoms with Gasteiger partial charge in [-0.1, -0.05) is 24.3 Å². The molecule has 0 radical (unpaired) electrons. The lowest BCUT2D eigenvalue weighted by Gasteiger charge is -2.08. The van der Waals surface area contributed by atoms with E-state index in [1.807, 2.05) is 42.6 Å². The quantitative estimate of drug-likeness (QED) is 0.554. The predicted molar refractivity (Wildman–Crippen MR) is 113 cm³/mol. The standard InChI is InChI=1S/C22H19N3O3S/c1-16-24-19(15-29-16)14-28-21-8-3-2-5-17(21)9-10-22(26)25-18-6-4-7-20(13-18)27-12-11-23/h2-10,13,15H,12,14H2,1H3,(H,25,26)/b10-9+. The van der Waals surface area contributed by atoms with E-state index in [2.05, 4.69) is 10.3 Å². The van der Waals surface area contributed by atoms with E-state index in [9.17, 15) is 4.79 Å². The molecule has 146 valence electrons. The first-order valence-corrected chi connectivity index (χ1v) is 9.74. The SMILES string of the molecule is Cc1nc(COc2ccccc2/C=C/C(=O)Nc2cccc(OCC#N)c2)cs1. The Hall–Kier alpha value is -3.63. The summed E-state index contributed by atoms with van der Waals surface area (Å²) in [7, 11) is 0. The zero-order valence-electron chi connectivity index (χ0n) is 15.8. The van der Waals surface area contributed by atoms with Crippen LogP contribution in [0.4, 0.5) is 5.69 Å². The number of benzene rings is 2. The lowest BCUT2D eigenvalue weighted by atomic mass is 10.2. The van der Waals surface area contributed by atoms with Crippen molar-refractivity contribution in [3.05, 3.63) is 76.3 Å². The summed E-state index contributed by atoms with van der Waals surface area (Å²) in [5.74, 6) is 0.908. The molecule has 0 spiro atoms. The van der Waals surface area contributed by atoms with Crippen molar-refractivity contribution < 1.29 is 14.3 Å². The summed E-state index contributed by atoms with van der Waals surface area (Å²) >= 11 is 1.58. The molecule has 0 aliphatic carbocycles. The van der Waals surface area contributed by atoms with Gasteiger partial charge in [-0.05, 0) is 31.2 Å². The van der Waals surface area contributed by atoms with Gasteiger partial charge in [-0.2, -0.15) is 5.26 Å². The summed E-state index contributed by atoms with van der Waals surface area (Å²) in [6.45, 7) is 2.28. The van der Waals surface area contributed by atoms with Gasteiger partial charge in [-0.25, -0.2) is 4.98 Å². The number of nitrogens with one attached hydrogen (secondary N) is 1. The molecule has 0 aliphatic rings. The summed E-state index contributed by atoms with van der Waals surface area (Å²) in [5.41, 5.74) is 2.25. The molecule has 7 heteroatoms. The summed E-state index contributed by atoms with van der Waals surface area (Å²) in [5, 5.41) is 14.3. The van der Waals surface area contributed by atoms with Gasteiger partial charge < -0.3 is 14.8 Å². The van der Waals surface area contributed by atoms with Crippen molar-refractivity contribution in [2.24, 2.45) is 0 Å². The van der Waals surface area contributed by atoms with Crippen molar-refractivity contribution in [2.75, 3.05) is 11.9 Å². The maximum atomic E-state index is 12.3. The fraction of sp³-hybridized carbons (Fsp3) is 0.136. The maximum absolute atomic E-state index is 12.3. The van der Waals surface area contributed by atoms with Crippen LogP contribution < -0.4 is 14.8 Å². The largest absolute Gasteiger partial charge is 0.487 e. The van der Waals surface area contributed by atoms with Gasteiger partial charge in [0, 0.05) is 28.8 Å². The van der Waals surface area contributed by atoms with Crippen molar-refractivity contribution in [1.29, 1.82) is 5.26 Å². The Morgan fingerprint density at radius 2 is 2.10 bits per heavy atom. The number of carbonyl (C=O) groups excluding carboxylic acids is 1. The number of aryl methyl sites for hydroxylation is 1. The van der Waals surface area contributed by atoms with Crippen LogP contribution in [0, 0.1) is 18.3 Å². The van der Waals surface area contributed by atoms with Crippen LogP contribution in [0.25, 0.3) is 6.08 Å². The number of thiazole rings is 1. The number of ether oxygens (including phenoxy) is 2. The van der Waals surface area contributed by atoms with E-state index in [0.29, 0.717) is 23.8 Å². The Balaban J connectivity index is 1.62. The predicted octanol–water partition coefficient (Wildman–Crippen LogP) is 4.58. The molecule has 1 N–H and O–H groups in total. The minimum absolute atomic E-state index is 0.0471. The van der Waals surface area contributed by atoms with Crippen LogP contribution in [0.2, 0.25) is 0 Å². The lowest BCUT2D eigenvalue weighted by Crippen LogP contribution is -2.08. The second kappa shape index (κ2) is 10.1. The Morgan fingerprint density at radius 1 is 1.24 bits per heavy atom. The fourth-order valence-electron chi connectivity index (χ4n) is 2.50. The molecule has 1 aromatic heterocycles. The van der Waals surface area contributed by atoms with Crippen molar-refractivity contribution in [2.45, 2.75) is 13.5 Å². The van der Waals surface area contributed by atoms with Crippen LogP contribution in [0.1, 0.15) is 16.3 Å². The summed E-state index contributed by atoms with van der Waals surface area (Å²) in [6.07, 6.45) is 3.14. The molecule has 6 nitrogen and oxygen atoms in total. The second-order valence-corrected chi connectivity index (χ2v) is 7.04. The average Bonchev–Trinajstić information content (AvgIpc) is 3.15. The maximum Gasteiger partial charge on any atom is 0.248 e. The lowest BCUT2D eigenvalue weighted by molar-refractivity contribution is -0.111. The number of nitriles is 1. The normalized spacial score (nSPS) is 10.5. The van der Waals surface area contributed by atoms with E-state index in [4.69, 9.17) is 14.7 Å². The molecule has 0 atom stereocenters. The molecule has 0 fully saturated rings. The number of hydrogen-bond acceptors (Lipinski definition) is 6. The first-order valence-electron chi connectivity index (χ1n) is 8.86. The number of nitrogens with zero attached hydrogens (tertiary/aromatic N) is 2. The van der Waals surface area contributed by atoms with Crippen LogP contribution in [0.3, 0.4) is 0 Å². The molecule has 0 saturated heterocycles. The second-order valence-electron chi connectivity index (χ2n) is 5.98. The fourth-order valence-corrected chi connectivity index (χ4v) is 3.10. The van der Waals surface area contributed by atoms with Crippen LogP contribution in [-0.4, -0.2) is 17.5 Å². The molecule has 0 bridgehead atoms. The minimum atomic E-state index is -0.285. The molecular formula is C22H19N3O3S. The van der Waals surface area contributed by atoms with Crippen LogP contribution in [0.15, 0.2) is 60.0 Å². The van der Waals surface area contributed by atoms with Crippen LogP contribution in [-0.2, 0) is 11.4 Å². The van der Waals surface area contributed by atoms with Gasteiger partial charge in [0.2, 0.25) is 5.91 Å². The average molecular weight is 405 g/mol. The Morgan fingerprint density at radius 3 is 2.90 bits per heavy atom. The third-order valence-electron chi connectivity index (χ3n) is 3.78. The van der Waals surface area contributed by atoms with Crippen molar-refractivity contribution in [3.8, 4) is 17.6 Å². The van der Waals surface area contributed by atoms with E-state index in [1.165, 1.54) is 6.08 Å². The first kappa shape index (κ1) is 20.1. The third kappa shape index (κ3) is 6.19. The zero-order valence-corrected chi connectivity index (χ0v) is 16.6. The minimum Gasteiger partial charge on any atom is -0.487 e. The summed E-state index contributed by atoms with van der Waals surface area (Å²) < 4.78 is 11.1. The van der Waals surface area contributed by atoms with Gasteiger partial charge >= 0.3 is 0 Å². The van der Waals surface area contributed by atoms with Crippen molar-refractivity contribution in [1.82, 2.24) is 4.98 Å². The van der Waals surface area contributed by atoms with Gasteiger partial charge in [0.15, 0.2) is 6.61 Å². The molecule has 1 amide bonds. The highest BCUT2D eigenvalue weighted by molar-refractivity contribution is 7.09. The molecular weight excluding hydrogens is 386 g/mol. The molecule has 2 aromatic carbocycles. The van der Waals surface area contributed by atoms with E-state index >= 15 is 0 Å². The first-order chi connectivity index (χ1) is 14.1. The monoisotopic (exact) mass is 405 g/mol. The van der Waals surface area contributed by atoms with Gasteiger partial charge in [0.05, 0.1) is 10.7 Å². The number of hydrogen-bond donors (Lipinski definition) is 1. The number of rotatable bonds is 8. The highest BCUT2D eigenvalue weighted by Crippen LogP contribution is 2.22. The number of para-hydroxylation sites is 1. The summed E-state index contributed by atoms with van der Waals surface area (Å²) in [4.78, 5) is 16.6. The molecule has 0 saturated carbocycles. The molecule has 29 heavy (non-hydrogen) atoms. The number of amides is 1. The summed E-state index contributed by atoms with van der Waals surface area (Å²) in [6, 6.07) is 16.3. The van der Waals surface area contributed by atoms with Crippen molar-refractivity contribution in [3.63, 3.8) is 0 Å². The zero-order chi connectivity index (χ0) is 20.5. The Labute approximate surface area is 173 Å². The Bertz CT molecular complexity index is 1050. The highest BCUT2D eigenvalue weighted by atomic mass is 32.1. The Kier molecular flexibility index (Phi) is 6.98.